The number of likely N-dealkylation sites (tertiary alicyclic amines) is 1. The average molecular weight is 457 g/mol. The van der Waals surface area contributed by atoms with E-state index in [0.29, 0.717) is 12.1 Å². The van der Waals surface area contributed by atoms with Gasteiger partial charge >= 0.3 is 0 Å². The van der Waals surface area contributed by atoms with Crippen LogP contribution < -0.4 is 9.46 Å². The summed E-state index contributed by atoms with van der Waals surface area (Å²) < 4.78 is 33.9. The van der Waals surface area contributed by atoms with Gasteiger partial charge in [-0.3, -0.25) is 4.79 Å². The van der Waals surface area contributed by atoms with E-state index in [1.807, 2.05) is 24.3 Å². The van der Waals surface area contributed by atoms with Gasteiger partial charge in [0, 0.05) is 17.6 Å². The Bertz CT molecular complexity index is 1230. The lowest BCUT2D eigenvalue weighted by Crippen LogP contribution is -2.40. The molecule has 9 heteroatoms. The molecule has 32 heavy (non-hydrogen) atoms. The van der Waals surface area contributed by atoms with Gasteiger partial charge in [0.1, 0.15) is 16.5 Å². The molecule has 1 fully saturated rings. The number of H-pyrrole nitrogens is 1. The van der Waals surface area contributed by atoms with Crippen LogP contribution in [0, 0.1) is 0 Å². The SMILES string of the molecule is COc1ccc(C(=O)N2CCCC2c2nc3ccccc3[nH]2)cc1S(=O)(=O)NC(C)(C)C. The molecular weight excluding hydrogens is 428 g/mol. The molecule has 1 aliphatic rings. The molecule has 1 unspecified atom stereocenters. The van der Waals surface area contributed by atoms with E-state index in [-0.39, 0.29) is 22.6 Å². The molecule has 1 aliphatic heterocycles. The lowest BCUT2D eigenvalue weighted by molar-refractivity contribution is 0.0730. The second-order valence-electron chi connectivity index (χ2n) is 9.02. The number of carbonyl (C=O) groups is 1. The number of rotatable bonds is 5. The summed E-state index contributed by atoms with van der Waals surface area (Å²) in [6.45, 7) is 5.85. The van der Waals surface area contributed by atoms with Gasteiger partial charge in [0.15, 0.2) is 0 Å². The molecule has 0 saturated carbocycles. The summed E-state index contributed by atoms with van der Waals surface area (Å²) in [5, 5.41) is 0. The third-order valence-electron chi connectivity index (χ3n) is 5.38. The Morgan fingerprint density at radius 2 is 1.97 bits per heavy atom. The van der Waals surface area contributed by atoms with Crippen molar-refractivity contribution in [3.63, 3.8) is 0 Å². The molecule has 2 N–H and O–H groups in total. The number of hydrogen-bond acceptors (Lipinski definition) is 5. The van der Waals surface area contributed by atoms with E-state index in [1.54, 1.807) is 31.7 Å². The zero-order chi connectivity index (χ0) is 23.1. The number of amides is 1. The van der Waals surface area contributed by atoms with E-state index >= 15 is 0 Å². The van der Waals surface area contributed by atoms with E-state index in [0.717, 1.165) is 29.7 Å². The highest BCUT2D eigenvalue weighted by molar-refractivity contribution is 7.89. The first kappa shape index (κ1) is 22.3. The summed E-state index contributed by atoms with van der Waals surface area (Å²) >= 11 is 0. The fourth-order valence-electron chi connectivity index (χ4n) is 4.07. The second kappa shape index (κ2) is 8.22. The van der Waals surface area contributed by atoms with Crippen molar-refractivity contribution in [2.75, 3.05) is 13.7 Å². The summed E-state index contributed by atoms with van der Waals surface area (Å²) in [5.74, 6) is 0.698. The highest BCUT2D eigenvalue weighted by Gasteiger charge is 2.34. The minimum Gasteiger partial charge on any atom is -0.495 e. The normalized spacial score (nSPS) is 17.1. The van der Waals surface area contributed by atoms with Crippen molar-refractivity contribution < 1.29 is 17.9 Å². The van der Waals surface area contributed by atoms with Gasteiger partial charge in [-0.15, -0.1) is 0 Å². The molecule has 1 amide bonds. The molecule has 1 atom stereocenters. The average Bonchev–Trinajstić information content (AvgIpc) is 3.37. The summed E-state index contributed by atoms with van der Waals surface area (Å²) in [4.78, 5) is 23.1. The van der Waals surface area contributed by atoms with Crippen LogP contribution in [-0.2, 0) is 10.0 Å². The molecule has 0 bridgehead atoms. The van der Waals surface area contributed by atoms with Crippen LogP contribution in [0.5, 0.6) is 5.75 Å². The number of aromatic amines is 1. The Balaban J connectivity index is 1.68. The zero-order valence-electron chi connectivity index (χ0n) is 18.7. The minimum absolute atomic E-state index is 0.0553. The summed E-state index contributed by atoms with van der Waals surface area (Å²) in [6.07, 6.45) is 1.64. The third kappa shape index (κ3) is 4.35. The number of hydrogen-bond donors (Lipinski definition) is 2. The molecule has 0 radical (unpaired) electrons. The summed E-state index contributed by atoms with van der Waals surface area (Å²) in [5.41, 5.74) is 1.40. The molecular formula is C23H28N4O4S. The maximum absolute atomic E-state index is 13.4. The maximum Gasteiger partial charge on any atom is 0.254 e. The van der Waals surface area contributed by atoms with E-state index in [4.69, 9.17) is 4.74 Å². The van der Waals surface area contributed by atoms with Crippen molar-refractivity contribution in [3.05, 3.63) is 53.9 Å². The second-order valence-corrected chi connectivity index (χ2v) is 10.7. The van der Waals surface area contributed by atoms with Gasteiger partial charge in [-0.25, -0.2) is 18.1 Å². The largest absolute Gasteiger partial charge is 0.495 e. The summed E-state index contributed by atoms with van der Waals surface area (Å²) in [7, 11) is -2.48. The van der Waals surface area contributed by atoms with Crippen LogP contribution in [0.2, 0.25) is 0 Å². The van der Waals surface area contributed by atoms with Gasteiger partial charge in [0.25, 0.3) is 5.91 Å². The standard InChI is InChI=1S/C23H28N4O4S/c1-23(2,3)26-32(29,30)20-14-15(11-12-19(20)31-4)22(28)27-13-7-10-18(27)21-24-16-8-5-6-9-17(16)25-21/h5-6,8-9,11-12,14,18,26H,7,10,13H2,1-4H3,(H,24,25). The topological polar surface area (TPSA) is 104 Å². The van der Waals surface area contributed by atoms with Gasteiger partial charge in [-0.2, -0.15) is 0 Å². The predicted molar refractivity (Wildman–Crippen MR) is 122 cm³/mol. The number of imidazole rings is 1. The number of methoxy groups -OCH3 is 1. The zero-order valence-corrected chi connectivity index (χ0v) is 19.5. The molecule has 8 nitrogen and oxygen atoms in total. The lowest BCUT2D eigenvalue weighted by atomic mass is 10.1. The quantitative estimate of drug-likeness (QED) is 0.610. The maximum atomic E-state index is 13.4. The number of nitrogens with one attached hydrogen (secondary N) is 2. The number of ether oxygens (including phenoxy) is 1. The third-order valence-corrected chi connectivity index (χ3v) is 7.16. The molecule has 3 aromatic rings. The van der Waals surface area contributed by atoms with Crippen LogP contribution in [-0.4, -0.2) is 48.4 Å². The van der Waals surface area contributed by atoms with Gasteiger partial charge in [0.05, 0.1) is 24.2 Å². The van der Waals surface area contributed by atoms with E-state index < -0.39 is 15.6 Å². The van der Waals surface area contributed by atoms with Crippen molar-refractivity contribution in [2.45, 2.75) is 50.1 Å². The fraction of sp³-hybridized carbons (Fsp3) is 0.391. The smallest absolute Gasteiger partial charge is 0.254 e. The Morgan fingerprint density at radius 3 is 2.66 bits per heavy atom. The van der Waals surface area contributed by atoms with Crippen molar-refractivity contribution in [3.8, 4) is 5.75 Å². The number of carbonyl (C=O) groups excluding carboxylic acids is 1. The first-order valence-electron chi connectivity index (χ1n) is 10.6. The Labute approximate surface area is 188 Å². The van der Waals surface area contributed by atoms with Crippen molar-refractivity contribution in [1.82, 2.24) is 19.6 Å². The van der Waals surface area contributed by atoms with Crippen molar-refractivity contribution in [2.24, 2.45) is 0 Å². The number of fused-ring (bicyclic) bond motifs is 1. The van der Waals surface area contributed by atoms with Crippen molar-refractivity contribution >= 4 is 27.0 Å². The highest BCUT2D eigenvalue weighted by Crippen LogP contribution is 2.34. The van der Waals surface area contributed by atoms with E-state index in [1.165, 1.54) is 19.2 Å². The van der Waals surface area contributed by atoms with Crippen LogP contribution in [0.15, 0.2) is 47.4 Å². The fourth-order valence-corrected chi connectivity index (χ4v) is 5.68. The molecule has 0 aliphatic carbocycles. The van der Waals surface area contributed by atoms with Crippen LogP contribution in [0.3, 0.4) is 0 Å². The molecule has 0 spiro atoms. The van der Waals surface area contributed by atoms with Crippen LogP contribution in [0.4, 0.5) is 0 Å². The minimum atomic E-state index is -3.89. The number of benzene rings is 2. The number of nitrogens with zero attached hydrogens (tertiary/aromatic N) is 2. The van der Waals surface area contributed by atoms with Crippen molar-refractivity contribution in [1.29, 1.82) is 0 Å². The monoisotopic (exact) mass is 456 g/mol. The Hall–Kier alpha value is -2.91. The van der Waals surface area contributed by atoms with Gasteiger partial charge in [0.2, 0.25) is 10.0 Å². The molecule has 2 heterocycles. The lowest BCUT2D eigenvalue weighted by Gasteiger charge is -2.24. The molecule has 4 rings (SSSR count). The number of sulfonamides is 1. The van der Waals surface area contributed by atoms with Gasteiger partial charge < -0.3 is 14.6 Å². The van der Waals surface area contributed by atoms with E-state index in [9.17, 15) is 13.2 Å². The highest BCUT2D eigenvalue weighted by atomic mass is 32.2. The Kier molecular flexibility index (Phi) is 5.72. The number of aromatic nitrogens is 2. The molecule has 1 aromatic heterocycles. The van der Waals surface area contributed by atoms with E-state index in [2.05, 4.69) is 14.7 Å². The van der Waals surface area contributed by atoms with Crippen LogP contribution in [0.25, 0.3) is 11.0 Å². The van der Waals surface area contributed by atoms with Gasteiger partial charge in [-0.05, 0) is 63.9 Å². The van der Waals surface area contributed by atoms with Crippen LogP contribution in [0.1, 0.15) is 55.8 Å². The Morgan fingerprint density at radius 1 is 1.22 bits per heavy atom. The first-order chi connectivity index (χ1) is 15.1. The molecule has 170 valence electrons. The molecule has 2 aromatic carbocycles. The molecule has 1 saturated heterocycles. The van der Waals surface area contributed by atoms with Crippen LogP contribution >= 0.6 is 0 Å². The number of para-hydroxylation sites is 2. The van der Waals surface area contributed by atoms with Gasteiger partial charge in [-0.1, -0.05) is 12.1 Å². The predicted octanol–water partition coefficient (Wildman–Crippen LogP) is 3.63. The first-order valence-corrected chi connectivity index (χ1v) is 12.0. The summed E-state index contributed by atoms with van der Waals surface area (Å²) in [6, 6.07) is 12.1.